The monoisotopic (exact) mass is 251 g/mol. The van der Waals surface area contributed by atoms with E-state index in [-0.39, 0.29) is 23.3 Å². The highest BCUT2D eigenvalue weighted by molar-refractivity contribution is 5.86. The third-order valence-corrected chi connectivity index (χ3v) is 4.81. The van der Waals surface area contributed by atoms with Crippen LogP contribution in [0.2, 0.25) is 0 Å². The van der Waals surface area contributed by atoms with Gasteiger partial charge in [-0.2, -0.15) is 0 Å². The zero-order valence-corrected chi connectivity index (χ0v) is 10.7. The van der Waals surface area contributed by atoms with Gasteiger partial charge in [-0.25, -0.2) is 0 Å². The Labute approximate surface area is 107 Å². The van der Waals surface area contributed by atoms with E-state index in [1.54, 1.807) is 0 Å². The average Bonchev–Trinajstić information content (AvgIpc) is 3.18. The van der Waals surface area contributed by atoms with Crippen molar-refractivity contribution in [1.82, 2.24) is 10.2 Å². The van der Waals surface area contributed by atoms with Gasteiger partial charge in [-0.05, 0) is 31.6 Å². The number of hydrogen-bond acceptors (Lipinski definition) is 3. The van der Waals surface area contributed by atoms with Crippen molar-refractivity contribution in [2.45, 2.75) is 38.1 Å². The summed E-state index contributed by atoms with van der Waals surface area (Å²) in [5.74, 6) is 0.853. The van der Waals surface area contributed by atoms with Crippen LogP contribution >= 0.6 is 0 Å². The minimum absolute atomic E-state index is 0.164. The van der Waals surface area contributed by atoms with E-state index in [1.807, 2.05) is 4.90 Å². The summed E-state index contributed by atoms with van der Waals surface area (Å²) < 4.78 is 0. The molecule has 2 heterocycles. The molecular weight excluding hydrogens is 230 g/mol. The van der Waals surface area contributed by atoms with Crippen LogP contribution in [0.5, 0.6) is 0 Å². The van der Waals surface area contributed by atoms with Gasteiger partial charge in [0.05, 0.1) is 5.41 Å². The van der Waals surface area contributed by atoms with Crippen molar-refractivity contribution >= 4 is 11.8 Å². The van der Waals surface area contributed by atoms with Crippen molar-refractivity contribution in [1.29, 1.82) is 0 Å². The number of hydrogen-bond donors (Lipinski definition) is 2. The number of piperidine rings is 2. The molecule has 2 saturated heterocycles. The predicted molar refractivity (Wildman–Crippen MR) is 66.6 cm³/mol. The molecule has 2 unspecified atom stereocenters. The lowest BCUT2D eigenvalue weighted by Gasteiger charge is -2.42. The highest BCUT2D eigenvalue weighted by Gasteiger charge is 2.51. The van der Waals surface area contributed by atoms with Crippen molar-refractivity contribution in [3.63, 3.8) is 0 Å². The van der Waals surface area contributed by atoms with Crippen LogP contribution in [0.25, 0.3) is 0 Å². The number of carbonyl (C=O) groups is 2. The normalized spacial score (nSPS) is 33.6. The SMILES string of the molecule is NCC1(C(=O)N2CCC3NC(=O)CCC3C2)CC1. The number of carbonyl (C=O) groups excluding carboxylic acids is 2. The first-order valence-corrected chi connectivity index (χ1v) is 6.93. The number of amides is 2. The third kappa shape index (κ3) is 1.90. The van der Waals surface area contributed by atoms with E-state index in [4.69, 9.17) is 5.73 Å². The Hall–Kier alpha value is -1.10. The third-order valence-electron chi connectivity index (χ3n) is 4.81. The lowest BCUT2D eigenvalue weighted by Crippen LogP contribution is -2.56. The molecule has 100 valence electrons. The molecule has 3 N–H and O–H groups in total. The van der Waals surface area contributed by atoms with Gasteiger partial charge in [0, 0.05) is 32.1 Å². The van der Waals surface area contributed by atoms with Gasteiger partial charge in [0.15, 0.2) is 0 Å². The van der Waals surface area contributed by atoms with Crippen molar-refractivity contribution in [2.75, 3.05) is 19.6 Å². The van der Waals surface area contributed by atoms with Gasteiger partial charge in [-0.1, -0.05) is 0 Å². The van der Waals surface area contributed by atoms with E-state index in [9.17, 15) is 9.59 Å². The number of rotatable bonds is 2. The molecule has 3 rings (SSSR count). The Kier molecular flexibility index (Phi) is 2.81. The number of likely N-dealkylation sites (tertiary alicyclic amines) is 1. The van der Waals surface area contributed by atoms with Gasteiger partial charge < -0.3 is 16.0 Å². The summed E-state index contributed by atoms with van der Waals surface area (Å²) in [4.78, 5) is 25.7. The lowest BCUT2D eigenvalue weighted by atomic mass is 9.84. The second-order valence-corrected chi connectivity index (χ2v) is 6.00. The maximum absolute atomic E-state index is 12.4. The van der Waals surface area contributed by atoms with E-state index >= 15 is 0 Å². The van der Waals surface area contributed by atoms with Crippen molar-refractivity contribution < 1.29 is 9.59 Å². The van der Waals surface area contributed by atoms with E-state index in [1.165, 1.54) is 0 Å². The summed E-state index contributed by atoms with van der Waals surface area (Å²) in [5.41, 5.74) is 5.49. The molecular formula is C13H21N3O2. The van der Waals surface area contributed by atoms with Gasteiger partial charge in [0.1, 0.15) is 0 Å². The fraction of sp³-hybridized carbons (Fsp3) is 0.846. The second-order valence-electron chi connectivity index (χ2n) is 6.00. The molecule has 3 aliphatic rings. The van der Waals surface area contributed by atoms with Crippen LogP contribution in [-0.4, -0.2) is 42.4 Å². The molecule has 0 aromatic rings. The van der Waals surface area contributed by atoms with Crippen LogP contribution in [-0.2, 0) is 9.59 Å². The number of nitrogens with two attached hydrogens (primary N) is 1. The molecule has 2 amide bonds. The van der Waals surface area contributed by atoms with Crippen molar-refractivity contribution in [3.8, 4) is 0 Å². The number of nitrogens with zero attached hydrogens (tertiary/aromatic N) is 1. The van der Waals surface area contributed by atoms with Gasteiger partial charge in [-0.3, -0.25) is 9.59 Å². The first-order chi connectivity index (χ1) is 8.64. The van der Waals surface area contributed by atoms with Crippen LogP contribution in [0.15, 0.2) is 0 Å². The Balaban J connectivity index is 1.64. The van der Waals surface area contributed by atoms with E-state index < -0.39 is 0 Å². The van der Waals surface area contributed by atoms with Crippen molar-refractivity contribution in [2.24, 2.45) is 17.1 Å². The standard InChI is InChI=1S/C13H21N3O2/c14-8-13(4-5-13)12(18)16-6-3-10-9(7-16)1-2-11(17)15-10/h9-10H,1-8,14H2,(H,15,17). The molecule has 0 radical (unpaired) electrons. The molecule has 1 aliphatic carbocycles. The maximum atomic E-state index is 12.4. The van der Waals surface area contributed by atoms with E-state index in [0.717, 1.165) is 38.8 Å². The van der Waals surface area contributed by atoms with Gasteiger partial charge in [0.25, 0.3) is 0 Å². The molecule has 5 nitrogen and oxygen atoms in total. The zero-order chi connectivity index (χ0) is 12.8. The smallest absolute Gasteiger partial charge is 0.230 e. The molecule has 18 heavy (non-hydrogen) atoms. The first-order valence-electron chi connectivity index (χ1n) is 6.93. The lowest BCUT2D eigenvalue weighted by molar-refractivity contribution is -0.139. The van der Waals surface area contributed by atoms with Gasteiger partial charge in [-0.15, -0.1) is 0 Å². The van der Waals surface area contributed by atoms with Crippen LogP contribution in [0.1, 0.15) is 32.1 Å². The highest BCUT2D eigenvalue weighted by atomic mass is 16.2. The molecule has 3 fully saturated rings. The summed E-state index contributed by atoms with van der Waals surface area (Å²) in [5, 5.41) is 3.04. The topological polar surface area (TPSA) is 75.4 Å². The van der Waals surface area contributed by atoms with Crippen molar-refractivity contribution in [3.05, 3.63) is 0 Å². The van der Waals surface area contributed by atoms with E-state index in [2.05, 4.69) is 5.32 Å². The predicted octanol–water partition coefficient (Wildman–Crippen LogP) is -0.148. The Morgan fingerprint density at radius 3 is 2.89 bits per heavy atom. The summed E-state index contributed by atoms with van der Waals surface area (Å²) in [7, 11) is 0. The molecule has 0 aromatic heterocycles. The molecule has 0 bridgehead atoms. The van der Waals surface area contributed by atoms with Gasteiger partial charge in [0.2, 0.25) is 11.8 Å². The number of nitrogens with one attached hydrogen (secondary N) is 1. The van der Waals surface area contributed by atoms with Crippen LogP contribution < -0.4 is 11.1 Å². The molecule has 1 saturated carbocycles. The fourth-order valence-electron chi connectivity index (χ4n) is 3.29. The molecule has 0 spiro atoms. The van der Waals surface area contributed by atoms with Crippen LogP contribution in [0, 0.1) is 11.3 Å². The molecule has 2 aliphatic heterocycles. The molecule has 5 heteroatoms. The molecule has 0 aromatic carbocycles. The van der Waals surface area contributed by atoms with Crippen LogP contribution in [0.3, 0.4) is 0 Å². The average molecular weight is 251 g/mol. The zero-order valence-electron chi connectivity index (χ0n) is 10.7. The molecule has 2 atom stereocenters. The van der Waals surface area contributed by atoms with E-state index in [0.29, 0.717) is 18.9 Å². The summed E-state index contributed by atoms with van der Waals surface area (Å²) in [6.07, 6.45) is 4.30. The summed E-state index contributed by atoms with van der Waals surface area (Å²) in [6.45, 7) is 2.04. The maximum Gasteiger partial charge on any atom is 0.230 e. The highest BCUT2D eigenvalue weighted by Crippen LogP contribution is 2.46. The first kappa shape index (κ1) is 12.0. The minimum atomic E-state index is -0.231. The Morgan fingerprint density at radius 1 is 1.44 bits per heavy atom. The minimum Gasteiger partial charge on any atom is -0.353 e. The quantitative estimate of drug-likeness (QED) is 0.717. The second kappa shape index (κ2) is 4.23. The summed E-state index contributed by atoms with van der Waals surface area (Å²) in [6, 6.07) is 0.281. The Bertz CT molecular complexity index is 378. The fourth-order valence-corrected chi connectivity index (χ4v) is 3.29. The van der Waals surface area contributed by atoms with Gasteiger partial charge >= 0.3 is 0 Å². The largest absolute Gasteiger partial charge is 0.353 e. The Morgan fingerprint density at radius 2 is 2.22 bits per heavy atom. The number of fused-ring (bicyclic) bond motifs is 1. The van der Waals surface area contributed by atoms with Crippen LogP contribution in [0.4, 0.5) is 0 Å². The summed E-state index contributed by atoms with van der Waals surface area (Å²) >= 11 is 0.